The predicted octanol–water partition coefficient (Wildman–Crippen LogP) is 4.95. The molecule has 0 aliphatic carbocycles. The SMILES string of the molecule is C=Cc1ccc(CC(C)OC=Cc2ccccc2)cc1. The second kappa shape index (κ2) is 7.34. The predicted molar refractivity (Wildman–Crippen MR) is 86.3 cm³/mol. The molecule has 0 aliphatic rings. The first-order valence-corrected chi connectivity index (χ1v) is 6.86. The summed E-state index contributed by atoms with van der Waals surface area (Å²) in [6.07, 6.45) is 6.67. The molecule has 0 saturated carbocycles. The Morgan fingerprint density at radius 2 is 1.70 bits per heavy atom. The molecule has 2 rings (SSSR count). The Hall–Kier alpha value is -2.28. The number of ether oxygens (including phenoxy) is 1. The molecule has 1 nitrogen and oxygen atoms in total. The lowest BCUT2D eigenvalue weighted by Crippen LogP contribution is -2.07. The summed E-state index contributed by atoms with van der Waals surface area (Å²) in [5.41, 5.74) is 3.57. The van der Waals surface area contributed by atoms with Crippen LogP contribution >= 0.6 is 0 Å². The number of rotatable bonds is 6. The van der Waals surface area contributed by atoms with E-state index in [4.69, 9.17) is 4.74 Å². The van der Waals surface area contributed by atoms with E-state index in [0.29, 0.717) is 0 Å². The van der Waals surface area contributed by atoms with Gasteiger partial charge in [-0.3, -0.25) is 0 Å². The van der Waals surface area contributed by atoms with Crippen LogP contribution in [0.4, 0.5) is 0 Å². The Labute approximate surface area is 121 Å². The molecule has 0 aromatic heterocycles. The molecule has 0 amide bonds. The van der Waals surface area contributed by atoms with Crippen molar-refractivity contribution in [3.8, 4) is 0 Å². The first-order chi connectivity index (χ1) is 9.78. The highest BCUT2D eigenvalue weighted by atomic mass is 16.5. The van der Waals surface area contributed by atoms with E-state index in [1.54, 1.807) is 6.26 Å². The minimum absolute atomic E-state index is 0.157. The molecule has 2 aromatic carbocycles. The quantitative estimate of drug-likeness (QED) is 0.671. The number of hydrogen-bond donors (Lipinski definition) is 0. The fraction of sp³-hybridized carbons (Fsp3) is 0.158. The summed E-state index contributed by atoms with van der Waals surface area (Å²) >= 11 is 0. The largest absolute Gasteiger partial charge is 0.498 e. The Balaban J connectivity index is 1.84. The van der Waals surface area contributed by atoms with Crippen LogP contribution in [-0.4, -0.2) is 6.10 Å². The van der Waals surface area contributed by atoms with Crippen LogP contribution < -0.4 is 0 Å². The third-order valence-electron chi connectivity index (χ3n) is 3.11. The van der Waals surface area contributed by atoms with Gasteiger partial charge < -0.3 is 4.74 Å². The summed E-state index contributed by atoms with van der Waals surface area (Å²) in [6.45, 7) is 5.84. The lowest BCUT2D eigenvalue weighted by molar-refractivity contribution is 0.164. The molecular formula is C19H20O. The van der Waals surface area contributed by atoms with Gasteiger partial charge in [-0.15, -0.1) is 0 Å². The molecule has 0 saturated heterocycles. The van der Waals surface area contributed by atoms with Crippen LogP contribution in [0.1, 0.15) is 23.6 Å². The van der Waals surface area contributed by atoms with E-state index >= 15 is 0 Å². The fourth-order valence-electron chi connectivity index (χ4n) is 1.99. The monoisotopic (exact) mass is 264 g/mol. The lowest BCUT2D eigenvalue weighted by Gasteiger charge is -2.11. The van der Waals surface area contributed by atoms with E-state index in [0.717, 1.165) is 17.5 Å². The van der Waals surface area contributed by atoms with Crippen molar-refractivity contribution < 1.29 is 4.74 Å². The zero-order valence-corrected chi connectivity index (χ0v) is 11.8. The van der Waals surface area contributed by atoms with Crippen molar-refractivity contribution in [2.75, 3.05) is 0 Å². The number of hydrogen-bond acceptors (Lipinski definition) is 1. The highest BCUT2D eigenvalue weighted by Gasteiger charge is 2.02. The fourth-order valence-corrected chi connectivity index (χ4v) is 1.99. The average Bonchev–Trinajstić information content (AvgIpc) is 2.49. The molecule has 20 heavy (non-hydrogen) atoms. The zero-order valence-electron chi connectivity index (χ0n) is 11.8. The molecule has 0 heterocycles. The van der Waals surface area contributed by atoms with Crippen LogP contribution in [0, 0.1) is 0 Å². The maximum atomic E-state index is 5.71. The maximum absolute atomic E-state index is 5.71. The number of benzene rings is 2. The zero-order chi connectivity index (χ0) is 14.2. The summed E-state index contributed by atoms with van der Waals surface area (Å²) in [4.78, 5) is 0. The van der Waals surface area contributed by atoms with Crippen molar-refractivity contribution in [1.29, 1.82) is 0 Å². The first kappa shape index (κ1) is 14.1. The molecule has 2 aromatic rings. The van der Waals surface area contributed by atoms with Crippen LogP contribution in [-0.2, 0) is 11.2 Å². The second-order valence-corrected chi connectivity index (χ2v) is 4.81. The van der Waals surface area contributed by atoms with Crippen LogP contribution in [0.5, 0.6) is 0 Å². The topological polar surface area (TPSA) is 9.23 Å². The minimum atomic E-state index is 0.157. The molecule has 0 spiro atoms. The summed E-state index contributed by atoms with van der Waals surface area (Å²) < 4.78 is 5.71. The second-order valence-electron chi connectivity index (χ2n) is 4.81. The van der Waals surface area contributed by atoms with E-state index < -0.39 is 0 Å². The Morgan fingerprint density at radius 3 is 2.35 bits per heavy atom. The average molecular weight is 264 g/mol. The molecule has 0 radical (unpaired) electrons. The molecule has 0 fully saturated rings. The van der Waals surface area contributed by atoms with E-state index in [9.17, 15) is 0 Å². The van der Waals surface area contributed by atoms with E-state index in [1.807, 2.05) is 30.4 Å². The van der Waals surface area contributed by atoms with Gasteiger partial charge >= 0.3 is 0 Å². The van der Waals surface area contributed by atoms with Gasteiger partial charge in [-0.1, -0.05) is 67.3 Å². The van der Waals surface area contributed by atoms with Gasteiger partial charge in [-0.2, -0.15) is 0 Å². The van der Waals surface area contributed by atoms with Gasteiger partial charge in [0.1, 0.15) is 0 Å². The molecule has 1 atom stereocenters. The molecule has 102 valence electrons. The van der Waals surface area contributed by atoms with E-state index in [-0.39, 0.29) is 6.10 Å². The maximum Gasteiger partial charge on any atom is 0.0990 e. The lowest BCUT2D eigenvalue weighted by atomic mass is 10.1. The molecule has 0 aliphatic heterocycles. The normalized spacial score (nSPS) is 12.2. The minimum Gasteiger partial charge on any atom is -0.498 e. The third-order valence-corrected chi connectivity index (χ3v) is 3.11. The molecular weight excluding hydrogens is 244 g/mol. The van der Waals surface area contributed by atoms with Crippen LogP contribution in [0.2, 0.25) is 0 Å². The van der Waals surface area contributed by atoms with Gasteiger partial charge in [-0.05, 0) is 29.7 Å². The summed E-state index contributed by atoms with van der Waals surface area (Å²) in [7, 11) is 0. The molecule has 1 unspecified atom stereocenters. The smallest absolute Gasteiger partial charge is 0.0990 e. The summed E-state index contributed by atoms with van der Waals surface area (Å²) in [5.74, 6) is 0. The van der Waals surface area contributed by atoms with Crippen molar-refractivity contribution in [1.82, 2.24) is 0 Å². The van der Waals surface area contributed by atoms with Crippen molar-refractivity contribution in [2.45, 2.75) is 19.4 Å². The van der Waals surface area contributed by atoms with Gasteiger partial charge in [0, 0.05) is 6.42 Å². The Morgan fingerprint density at radius 1 is 1.00 bits per heavy atom. The molecule has 0 bridgehead atoms. The standard InChI is InChI=1S/C19H20O/c1-3-17-9-11-19(12-10-17)15-16(2)20-14-13-18-7-5-4-6-8-18/h3-14,16H,1,15H2,2H3. The Bertz CT molecular complexity index is 552. The van der Waals surface area contributed by atoms with Crippen LogP contribution in [0.15, 0.2) is 67.4 Å². The first-order valence-electron chi connectivity index (χ1n) is 6.86. The molecule has 1 heteroatoms. The van der Waals surface area contributed by atoms with Crippen molar-refractivity contribution in [3.05, 3.63) is 84.1 Å². The van der Waals surface area contributed by atoms with Gasteiger partial charge in [0.2, 0.25) is 0 Å². The van der Waals surface area contributed by atoms with E-state index in [2.05, 4.69) is 49.9 Å². The van der Waals surface area contributed by atoms with Crippen molar-refractivity contribution in [3.63, 3.8) is 0 Å². The van der Waals surface area contributed by atoms with Gasteiger partial charge in [-0.25, -0.2) is 0 Å². The third kappa shape index (κ3) is 4.43. The van der Waals surface area contributed by atoms with Crippen LogP contribution in [0.3, 0.4) is 0 Å². The highest BCUT2D eigenvalue weighted by molar-refractivity contribution is 5.48. The van der Waals surface area contributed by atoms with Crippen molar-refractivity contribution in [2.24, 2.45) is 0 Å². The highest BCUT2D eigenvalue weighted by Crippen LogP contribution is 2.10. The van der Waals surface area contributed by atoms with Gasteiger partial charge in [0.25, 0.3) is 0 Å². The molecule has 0 N–H and O–H groups in total. The van der Waals surface area contributed by atoms with Gasteiger partial charge in [0.15, 0.2) is 0 Å². The van der Waals surface area contributed by atoms with Crippen LogP contribution in [0.25, 0.3) is 12.2 Å². The van der Waals surface area contributed by atoms with Gasteiger partial charge in [0.05, 0.1) is 12.4 Å². The van der Waals surface area contributed by atoms with E-state index in [1.165, 1.54) is 5.56 Å². The summed E-state index contributed by atoms with van der Waals surface area (Å²) in [6, 6.07) is 18.6. The van der Waals surface area contributed by atoms with Crippen molar-refractivity contribution >= 4 is 12.2 Å². The summed E-state index contributed by atoms with van der Waals surface area (Å²) in [5, 5.41) is 0. The Kier molecular flexibility index (Phi) is 5.19.